The van der Waals surface area contributed by atoms with E-state index in [-0.39, 0.29) is 11.2 Å². The number of fused-ring (bicyclic) bond motifs is 1. The Balaban J connectivity index is 2.11. The molecule has 0 aliphatic carbocycles. The number of hydrogen-bond donors (Lipinski definition) is 0. The lowest BCUT2D eigenvalue weighted by molar-refractivity contribution is 0.633. The van der Waals surface area contributed by atoms with Gasteiger partial charge in [-0.25, -0.2) is 9.48 Å². The minimum absolute atomic E-state index is 0.299. The highest BCUT2D eigenvalue weighted by Crippen LogP contribution is 2.19. The standard InChI is InChI=1S/C20H22N6O2/c1-5-24-18(27)16-17(23(4)20(24)28)21-19(26-14(3)11-13(2)22-26)25(16)12-15-9-7-6-8-10-15/h6-11H,5,12H2,1-4H3. The third-order valence-corrected chi connectivity index (χ3v) is 4.91. The molecule has 0 atom stereocenters. The molecule has 0 spiro atoms. The fourth-order valence-electron chi connectivity index (χ4n) is 3.55. The molecule has 0 N–H and O–H groups in total. The van der Waals surface area contributed by atoms with Crippen molar-refractivity contribution in [3.8, 4) is 5.95 Å². The van der Waals surface area contributed by atoms with Crippen molar-refractivity contribution >= 4 is 11.2 Å². The van der Waals surface area contributed by atoms with Crippen LogP contribution in [0.5, 0.6) is 0 Å². The first-order valence-corrected chi connectivity index (χ1v) is 9.20. The summed E-state index contributed by atoms with van der Waals surface area (Å²) in [6.45, 7) is 6.38. The van der Waals surface area contributed by atoms with Crippen LogP contribution in [-0.2, 0) is 20.1 Å². The number of imidazole rings is 1. The molecule has 0 bridgehead atoms. The Morgan fingerprint density at radius 3 is 2.36 bits per heavy atom. The summed E-state index contributed by atoms with van der Waals surface area (Å²) in [6, 6.07) is 11.8. The number of benzene rings is 1. The van der Waals surface area contributed by atoms with Gasteiger partial charge >= 0.3 is 5.69 Å². The maximum absolute atomic E-state index is 13.1. The molecule has 4 aromatic rings. The summed E-state index contributed by atoms with van der Waals surface area (Å²) in [4.78, 5) is 30.4. The van der Waals surface area contributed by atoms with Gasteiger partial charge in [0.15, 0.2) is 11.2 Å². The third-order valence-electron chi connectivity index (χ3n) is 4.91. The Labute approximate surface area is 161 Å². The van der Waals surface area contributed by atoms with E-state index in [1.165, 1.54) is 9.13 Å². The van der Waals surface area contributed by atoms with Crippen LogP contribution >= 0.6 is 0 Å². The zero-order chi connectivity index (χ0) is 20.0. The normalized spacial score (nSPS) is 11.4. The molecule has 3 heterocycles. The van der Waals surface area contributed by atoms with E-state index < -0.39 is 0 Å². The minimum atomic E-state index is -0.371. The first kappa shape index (κ1) is 18.0. The monoisotopic (exact) mass is 378 g/mol. The highest BCUT2D eigenvalue weighted by atomic mass is 16.2. The number of hydrogen-bond acceptors (Lipinski definition) is 4. The summed E-state index contributed by atoms with van der Waals surface area (Å²) in [6.07, 6.45) is 0. The molecule has 0 aliphatic heterocycles. The Morgan fingerprint density at radius 1 is 1.04 bits per heavy atom. The number of rotatable bonds is 4. The second-order valence-corrected chi connectivity index (χ2v) is 6.89. The molecule has 0 unspecified atom stereocenters. The molecule has 3 aromatic heterocycles. The molecule has 0 amide bonds. The van der Waals surface area contributed by atoms with Gasteiger partial charge in [-0.05, 0) is 32.4 Å². The Hall–Kier alpha value is -3.42. The predicted octanol–water partition coefficient (Wildman–Crippen LogP) is 1.77. The largest absolute Gasteiger partial charge is 0.332 e. The van der Waals surface area contributed by atoms with Crippen molar-refractivity contribution in [3.05, 3.63) is 74.2 Å². The molecule has 4 rings (SSSR count). The van der Waals surface area contributed by atoms with Gasteiger partial charge in [0.1, 0.15) is 0 Å². The molecule has 0 radical (unpaired) electrons. The molecular formula is C20H22N6O2. The summed E-state index contributed by atoms with van der Waals surface area (Å²) in [5.41, 5.74) is 2.84. The zero-order valence-corrected chi connectivity index (χ0v) is 16.4. The molecule has 28 heavy (non-hydrogen) atoms. The summed E-state index contributed by atoms with van der Waals surface area (Å²) >= 11 is 0. The maximum atomic E-state index is 13.1. The van der Waals surface area contributed by atoms with Crippen molar-refractivity contribution in [2.24, 2.45) is 7.05 Å². The molecule has 0 saturated carbocycles. The summed E-state index contributed by atoms with van der Waals surface area (Å²) in [7, 11) is 1.64. The minimum Gasteiger partial charge on any atom is -0.298 e. The van der Waals surface area contributed by atoms with Gasteiger partial charge in [0.25, 0.3) is 5.56 Å². The molecule has 8 heteroatoms. The van der Waals surface area contributed by atoms with Gasteiger partial charge < -0.3 is 0 Å². The predicted molar refractivity (Wildman–Crippen MR) is 107 cm³/mol. The first-order chi connectivity index (χ1) is 13.4. The van der Waals surface area contributed by atoms with Crippen molar-refractivity contribution in [2.75, 3.05) is 0 Å². The average molecular weight is 378 g/mol. The van der Waals surface area contributed by atoms with Crippen LogP contribution < -0.4 is 11.2 Å². The van der Waals surface area contributed by atoms with Gasteiger partial charge in [-0.15, -0.1) is 0 Å². The van der Waals surface area contributed by atoms with E-state index >= 15 is 0 Å². The molecule has 0 aliphatic rings. The average Bonchev–Trinajstić information content (AvgIpc) is 3.21. The topological polar surface area (TPSA) is 79.6 Å². The molecule has 0 saturated heterocycles. The fourth-order valence-corrected chi connectivity index (χ4v) is 3.55. The zero-order valence-electron chi connectivity index (χ0n) is 16.4. The van der Waals surface area contributed by atoms with Crippen LogP contribution in [0.15, 0.2) is 46.0 Å². The van der Waals surface area contributed by atoms with Crippen molar-refractivity contribution in [1.82, 2.24) is 28.5 Å². The highest BCUT2D eigenvalue weighted by molar-refractivity contribution is 5.73. The smallest absolute Gasteiger partial charge is 0.298 e. The van der Waals surface area contributed by atoms with Crippen LogP contribution in [0.3, 0.4) is 0 Å². The van der Waals surface area contributed by atoms with E-state index in [0.717, 1.165) is 17.0 Å². The second-order valence-electron chi connectivity index (χ2n) is 6.89. The number of nitrogens with zero attached hydrogens (tertiary/aromatic N) is 6. The van der Waals surface area contributed by atoms with Crippen LogP contribution in [0.25, 0.3) is 17.1 Å². The molecule has 1 aromatic carbocycles. The van der Waals surface area contributed by atoms with E-state index in [2.05, 4.69) is 10.1 Å². The summed E-state index contributed by atoms with van der Waals surface area (Å²) in [5, 5.41) is 4.54. The molecule has 8 nitrogen and oxygen atoms in total. The lowest BCUT2D eigenvalue weighted by Crippen LogP contribution is -2.39. The van der Waals surface area contributed by atoms with Crippen molar-refractivity contribution < 1.29 is 0 Å². The number of aromatic nitrogens is 6. The van der Waals surface area contributed by atoms with Gasteiger partial charge in [0.05, 0.1) is 12.2 Å². The van der Waals surface area contributed by atoms with Gasteiger partial charge in [0.2, 0.25) is 5.95 Å². The van der Waals surface area contributed by atoms with Crippen molar-refractivity contribution in [3.63, 3.8) is 0 Å². The lowest BCUT2D eigenvalue weighted by atomic mass is 10.2. The van der Waals surface area contributed by atoms with Crippen LogP contribution in [-0.4, -0.2) is 28.5 Å². The van der Waals surface area contributed by atoms with Crippen molar-refractivity contribution in [2.45, 2.75) is 33.9 Å². The van der Waals surface area contributed by atoms with Gasteiger partial charge in [-0.3, -0.25) is 18.5 Å². The Bertz CT molecular complexity index is 1290. The van der Waals surface area contributed by atoms with Crippen molar-refractivity contribution in [1.29, 1.82) is 0 Å². The van der Waals surface area contributed by atoms with E-state index in [1.54, 1.807) is 18.7 Å². The van der Waals surface area contributed by atoms with E-state index in [9.17, 15) is 9.59 Å². The van der Waals surface area contributed by atoms with Crippen LogP contribution in [0.2, 0.25) is 0 Å². The van der Waals surface area contributed by atoms with Crippen LogP contribution in [0, 0.1) is 13.8 Å². The van der Waals surface area contributed by atoms with Crippen LogP contribution in [0.4, 0.5) is 0 Å². The van der Waals surface area contributed by atoms with Gasteiger partial charge in [-0.1, -0.05) is 30.3 Å². The fraction of sp³-hybridized carbons (Fsp3) is 0.300. The van der Waals surface area contributed by atoms with Gasteiger partial charge in [0, 0.05) is 19.3 Å². The molecular weight excluding hydrogens is 356 g/mol. The summed E-state index contributed by atoms with van der Waals surface area (Å²) < 4.78 is 6.23. The third kappa shape index (κ3) is 2.69. The Kier molecular flexibility index (Phi) is 4.26. The van der Waals surface area contributed by atoms with Gasteiger partial charge in [-0.2, -0.15) is 10.1 Å². The van der Waals surface area contributed by atoms with E-state index in [4.69, 9.17) is 0 Å². The highest BCUT2D eigenvalue weighted by Gasteiger charge is 2.22. The quantitative estimate of drug-likeness (QED) is 0.542. The number of aryl methyl sites for hydroxylation is 3. The first-order valence-electron chi connectivity index (χ1n) is 9.20. The Morgan fingerprint density at radius 2 is 1.75 bits per heavy atom. The SMILES string of the molecule is CCn1c(=O)c2c(nc(-n3nc(C)cc3C)n2Cc2ccccc2)n(C)c1=O. The summed E-state index contributed by atoms with van der Waals surface area (Å²) in [5.74, 6) is 0.519. The second kappa shape index (κ2) is 6.63. The van der Waals surface area contributed by atoms with E-state index in [1.807, 2.05) is 54.8 Å². The maximum Gasteiger partial charge on any atom is 0.332 e. The lowest BCUT2D eigenvalue weighted by Gasteiger charge is -2.11. The molecule has 0 fully saturated rings. The molecule has 144 valence electrons. The van der Waals surface area contributed by atoms with Crippen LogP contribution in [0.1, 0.15) is 23.9 Å². The van der Waals surface area contributed by atoms with E-state index in [0.29, 0.717) is 30.2 Å².